The third-order valence-electron chi connectivity index (χ3n) is 3.43. The Balaban J connectivity index is 2.23. The maximum absolute atomic E-state index is 12.4. The number of nitriles is 1. The van der Waals surface area contributed by atoms with Crippen molar-refractivity contribution in [1.29, 1.82) is 5.26 Å². The van der Waals surface area contributed by atoms with Gasteiger partial charge in [0.1, 0.15) is 0 Å². The molecule has 1 unspecified atom stereocenters. The summed E-state index contributed by atoms with van der Waals surface area (Å²) >= 11 is 5.87. The third-order valence-corrected chi connectivity index (χ3v) is 3.68. The van der Waals surface area contributed by atoms with E-state index in [-0.39, 0.29) is 12.3 Å². The first-order valence-corrected chi connectivity index (χ1v) is 7.54. The Morgan fingerprint density at radius 1 is 1.25 bits per heavy atom. The summed E-state index contributed by atoms with van der Waals surface area (Å²) in [7, 11) is 1.29. The third kappa shape index (κ3) is 4.58. The van der Waals surface area contributed by atoms with Gasteiger partial charge in [-0.3, -0.25) is 9.59 Å². The molecule has 6 heteroatoms. The molecule has 0 heterocycles. The number of benzene rings is 2. The molecule has 0 saturated carbocycles. The van der Waals surface area contributed by atoms with E-state index in [0.29, 0.717) is 16.1 Å². The standard InChI is InChI=1S/C18H15ClN2O3/c1-24-17(22)10-16(13-5-7-15(19)8-6-13)21-18(23)14-4-2-3-12(9-14)11-20/h2-9,16H,10H2,1H3,(H,21,23). The highest BCUT2D eigenvalue weighted by molar-refractivity contribution is 6.30. The van der Waals surface area contributed by atoms with Crippen LogP contribution < -0.4 is 5.32 Å². The summed E-state index contributed by atoms with van der Waals surface area (Å²) < 4.78 is 4.69. The monoisotopic (exact) mass is 342 g/mol. The van der Waals surface area contributed by atoms with Crippen LogP contribution in [0.25, 0.3) is 0 Å². The summed E-state index contributed by atoms with van der Waals surface area (Å²) in [6.07, 6.45) is -0.0121. The van der Waals surface area contributed by atoms with Gasteiger partial charge in [0.15, 0.2) is 0 Å². The Hall–Kier alpha value is -2.84. The molecule has 1 atom stereocenters. The maximum Gasteiger partial charge on any atom is 0.307 e. The average molecular weight is 343 g/mol. The molecule has 0 aliphatic rings. The molecule has 0 bridgehead atoms. The van der Waals surface area contributed by atoms with Crippen molar-refractivity contribution in [1.82, 2.24) is 5.32 Å². The molecular weight excluding hydrogens is 328 g/mol. The first kappa shape index (κ1) is 17.5. The van der Waals surface area contributed by atoms with Gasteiger partial charge in [-0.1, -0.05) is 29.8 Å². The number of amides is 1. The second kappa shape index (κ2) is 8.14. The van der Waals surface area contributed by atoms with Crippen LogP contribution in [0.5, 0.6) is 0 Å². The number of nitrogens with zero attached hydrogens (tertiary/aromatic N) is 1. The fourth-order valence-electron chi connectivity index (χ4n) is 2.17. The van der Waals surface area contributed by atoms with Gasteiger partial charge in [0.05, 0.1) is 31.2 Å². The minimum Gasteiger partial charge on any atom is -0.469 e. The smallest absolute Gasteiger partial charge is 0.307 e. The molecule has 0 spiro atoms. The van der Waals surface area contributed by atoms with Gasteiger partial charge in [0.2, 0.25) is 0 Å². The van der Waals surface area contributed by atoms with Crippen molar-refractivity contribution in [2.45, 2.75) is 12.5 Å². The number of carbonyl (C=O) groups is 2. The first-order chi connectivity index (χ1) is 11.5. The quantitative estimate of drug-likeness (QED) is 0.846. The SMILES string of the molecule is COC(=O)CC(NC(=O)c1cccc(C#N)c1)c1ccc(Cl)cc1. The molecule has 1 N–H and O–H groups in total. The van der Waals surface area contributed by atoms with E-state index in [1.807, 2.05) is 6.07 Å². The molecule has 2 rings (SSSR count). The van der Waals surface area contributed by atoms with Crippen molar-refractivity contribution >= 4 is 23.5 Å². The highest BCUT2D eigenvalue weighted by atomic mass is 35.5. The van der Waals surface area contributed by atoms with Gasteiger partial charge in [-0.25, -0.2) is 0 Å². The largest absolute Gasteiger partial charge is 0.469 e. The Morgan fingerprint density at radius 2 is 1.96 bits per heavy atom. The number of hydrogen-bond acceptors (Lipinski definition) is 4. The Bertz CT molecular complexity index is 782. The van der Waals surface area contributed by atoms with E-state index < -0.39 is 12.0 Å². The van der Waals surface area contributed by atoms with E-state index >= 15 is 0 Å². The summed E-state index contributed by atoms with van der Waals surface area (Å²) in [5.41, 5.74) is 1.46. The number of methoxy groups -OCH3 is 1. The summed E-state index contributed by atoms with van der Waals surface area (Å²) in [6.45, 7) is 0. The normalized spacial score (nSPS) is 11.2. The van der Waals surface area contributed by atoms with Gasteiger partial charge in [0, 0.05) is 10.6 Å². The number of ether oxygens (including phenoxy) is 1. The van der Waals surface area contributed by atoms with Gasteiger partial charge < -0.3 is 10.1 Å². The number of esters is 1. The lowest BCUT2D eigenvalue weighted by Crippen LogP contribution is -2.30. The van der Waals surface area contributed by atoms with Gasteiger partial charge in [-0.05, 0) is 35.9 Å². The Morgan fingerprint density at radius 3 is 2.58 bits per heavy atom. The van der Waals surface area contributed by atoms with Crippen LogP contribution >= 0.6 is 11.6 Å². The maximum atomic E-state index is 12.4. The molecular formula is C18H15ClN2O3. The fourth-order valence-corrected chi connectivity index (χ4v) is 2.29. The van der Waals surface area contributed by atoms with Crippen LogP contribution in [0, 0.1) is 11.3 Å². The van der Waals surface area contributed by atoms with E-state index in [1.54, 1.807) is 42.5 Å². The van der Waals surface area contributed by atoms with Crippen LogP contribution in [0.1, 0.15) is 33.9 Å². The molecule has 0 saturated heterocycles. The lowest BCUT2D eigenvalue weighted by Gasteiger charge is -2.18. The topological polar surface area (TPSA) is 79.2 Å². The zero-order valence-corrected chi connectivity index (χ0v) is 13.7. The van der Waals surface area contributed by atoms with E-state index in [1.165, 1.54) is 13.2 Å². The van der Waals surface area contributed by atoms with Gasteiger partial charge in [-0.2, -0.15) is 5.26 Å². The molecule has 2 aromatic carbocycles. The number of carbonyl (C=O) groups excluding carboxylic acids is 2. The first-order valence-electron chi connectivity index (χ1n) is 7.17. The summed E-state index contributed by atoms with van der Waals surface area (Å²) in [5.74, 6) is -0.822. The van der Waals surface area contributed by atoms with Gasteiger partial charge >= 0.3 is 5.97 Å². The minimum absolute atomic E-state index is 0.0121. The predicted octanol–water partition coefficient (Wildman–Crippen LogP) is 3.25. The van der Waals surface area contributed by atoms with E-state index in [4.69, 9.17) is 21.6 Å². The number of rotatable bonds is 5. The predicted molar refractivity (Wildman–Crippen MR) is 89.4 cm³/mol. The minimum atomic E-state index is -0.562. The summed E-state index contributed by atoms with van der Waals surface area (Å²) in [6, 6.07) is 14.6. The van der Waals surface area contributed by atoms with Crippen LogP contribution in [0.15, 0.2) is 48.5 Å². The molecule has 122 valence electrons. The summed E-state index contributed by atoms with van der Waals surface area (Å²) in [5, 5.41) is 12.3. The van der Waals surface area contributed by atoms with E-state index in [0.717, 1.165) is 5.56 Å². The molecule has 0 radical (unpaired) electrons. The fraction of sp³-hybridized carbons (Fsp3) is 0.167. The second-order valence-electron chi connectivity index (χ2n) is 5.05. The van der Waals surface area contributed by atoms with E-state index in [2.05, 4.69) is 5.32 Å². The number of hydrogen-bond donors (Lipinski definition) is 1. The van der Waals surface area contributed by atoms with Crippen LogP contribution in [0.2, 0.25) is 5.02 Å². The molecule has 0 aliphatic heterocycles. The van der Waals surface area contributed by atoms with Gasteiger partial charge in [0.25, 0.3) is 5.91 Å². The van der Waals surface area contributed by atoms with Crippen LogP contribution in [0.4, 0.5) is 0 Å². The van der Waals surface area contributed by atoms with Crippen LogP contribution in [-0.2, 0) is 9.53 Å². The summed E-state index contributed by atoms with van der Waals surface area (Å²) in [4.78, 5) is 24.1. The van der Waals surface area contributed by atoms with Gasteiger partial charge in [-0.15, -0.1) is 0 Å². The Labute approximate surface area is 144 Å². The van der Waals surface area contributed by atoms with Crippen LogP contribution in [0.3, 0.4) is 0 Å². The van der Waals surface area contributed by atoms with Crippen molar-refractivity contribution in [3.63, 3.8) is 0 Å². The van der Waals surface area contributed by atoms with Crippen molar-refractivity contribution in [2.75, 3.05) is 7.11 Å². The molecule has 2 aromatic rings. The van der Waals surface area contributed by atoms with E-state index in [9.17, 15) is 9.59 Å². The van der Waals surface area contributed by atoms with Crippen molar-refractivity contribution < 1.29 is 14.3 Å². The van der Waals surface area contributed by atoms with Crippen molar-refractivity contribution in [2.24, 2.45) is 0 Å². The highest BCUT2D eigenvalue weighted by Gasteiger charge is 2.20. The molecule has 0 aliphatic carbocycles. The zero-order chi connectivity index (χ0) is 17.5. The van der Waals surface area contributed by atoms with Crippen molar-refractivity contribution in [3.05, 3.63) is 70.2 Å². The number of halogens is 1. The lowest BCUT2D eigenvalue weighted by atomic mass is 10.0. The molecule has 0 fully saturated rings. The molecule has 1 amide bonds. The molecule has 5 nitrogen and oxygen atoms in total. The molecule has 24 heavy (non-hydrogen) atoms. The second-order valence-corrected chi connectivity index (χ2v) is 5.49. The molecule has 0 aromatic heterocycles. The average Bonchev–Trinajstić information content (AvgIpc) is 2.61. The van der Waals surface area contributed by atoms with Crippen LogP contribution in [-0.4, -0.2) is 19.0 Å². The lowest BCUT2D eigenvalue weighted by molar-refractivity contribution is -0.141. The Kier molecular flexibility index (Phi) is 5.94. The number of nitrogens with one attached hydrogen (secondary N) is 1. The van der Waals surface area contributed by atoms with Crippen molar-refractivity contribution in [3.8, 4) is 6.07 Å². The zero-order valence-electron chi connectivity index (χ0n) is 13.0. The highest BCUT2D eigenvalue weighted by Crippen LogP contribution is 2.20.